The molecule has 3 nitrogen and oxygen atoms in total. The molecule has 1 atom stereocenters. The third-order valence-corrected chi connectivity index (χ3v) is 3.59. The smallest absolute Gasteiger partial charge is 0.214 e. The highest BCUT2D eigenvalue weighted by Gasteiger charge is 2.22. The first-order valence-corrected chi connectivity index (χ1v) is 6.95. The van der Waals surface area contributed by atoms with E-state index >= 15 is 0 Å². The molecule has 0 bridgehead atoms. The maximum Gasteiger partial charge on any atom is 0.214 e. The maximum atomic E-state index is 13.0. The Morgan fingerprint density at radius 2 is 2.00 bits per heavy atom. The van der Waals surface area contributed by atoms with Gasteiger partial charge in [0.1, 0.15) is 5.82 Å². The fourth-order valence-corrected chi connectivity index (χ4v) is 2.63. The summed E-state index contributed by atoms with van der Waals surface area (Å²) >= 11 is 0. The van der Waals surface area contributed by atoms with Crippen LogP contribution in [0.15, 0.2) is 48.5 Å². The average molecular weight is 271 g/mol. The molecule has 1 aliphatic rings. The summed E-state index contributed by atoms with van der Waals surface area (Å²) in [7, 11) is 0. The predicted molar refractivity (Wildman–Crippen MR) is 77.9 cm³/mol. The molecule has 3 rings (SSSR count). The number of nitrogens with zero attached hydrogens (tertiary/aromatic N) is 2. The summed E-state index contributed by atoms with van der Waals surface area (Å²) in [5, 5.41) is 3.30. The maximum absolute atomic E-state index is 13.0. The molecule has 0 radical (unpaired) electrons. The third-order valence-electron chi connectivity index (χ3n) is 3.59. The van der Waals surface area contributed by atoms with E-state index < -0.39 is 5.95 Å². The van der Waals surface area contributed by atoms with E-state index in [1.54, 1.807) is 6.07 Å². The van der Waals surface area contributed by atoms with E-state index in [-0.39, 0.29) is 0 Å². The summed E-state index contributed by atoms with van der Waals surface area (Å²) in [6.07, 6.45) is 1.06. The van der Waals surface area contributed by atoms with Gasteiger partial charge in [-0.2, -0.15) is 4.39 Å². The SMILES string of the molecule is Fc1cccc(NC2CCN(Cc3ccccc3)C2)n1. The van der Waals surface area contributed by atoms with E-state index in [1.807, 2.05) is 12.1 Å². The minimum absolute atomic E-state index is 0.341. The van der Waals surface area contributed by atoms with Gasteiger partial charge in [0.25, 0.3) is 0 Å². The van der Waals surface area contributed by atoms with E-state index in [2.05, 4.69) is 39.5 Å². The quantitative estimate of drug-likeness (QED) is 0.867. The van der Waals surface area contributed by atoms with E-state index in [0.29, 0.717) is 11.9 Å². The molecule has 1 unspecified atom stereocenters. The van der Waals surface area contributed by atoms with Gasteiger partial charge in [-0.25, -0.2) is 4.98 Å². The number of halogens is 1. The molecule has 0 spiro atoms. The summed E-state index contributed by atoms with van der Waals surface area (Å²) in [6.45, 7) is 2.99. The molecule has 1 N–H and O–H groups in total. The van der Waals surface area contributed by atoms with Crippen LogP contribution in [0.1, 0.15) is 12.0 Å². The Kier molecular flexibility index (Phi) is 3.92. The second kappa shape index (κ2) is 6.01. The van der Waals surface area contributed by atoms with E-state index in [9.17, 15) is 4.39 Å². The van der Waals surface area contributed by atoms with E-state index in [4.69, 9.17) is 0 Å². The lowest BCUT2D eigenvalue weighted by molar-refractivity contribution is 0.328. The topological polar surface area (TPSA) is 28.2 Å². The zero-order valence-corrected chi connectivity index (χ0v) is 11.3. The van der Waals surface area contributed by atoms with Crippen LogP contribution in [0.4, 0.5) is 10.2 Å². The monoisotopic (exact) mass is 271 g/mol. The molecule has 1 aromatic carbocycles. The minimum atomic E-state index is -0.436. The van der Waals surface area contributed by atoms with Gasteiger partial charge in [-0.15, -0.1) is 0 Å². The van der Waals surface area contributed by atoms with Gasteiger partial charge in [-0.3, -0.25) is 4.90 Å². The van der Waals surface area contributed by atoms with Crippen molar-refractivity contribution < 1.29 is 4.39 Å². The highest BCUT2D eigenvalue weighted by atomic mass is 19.1. The Morgan fingerprint density at radius 1 is 1.15 bits per heavy atom. The van der Waals surface area contributed by atoms with Gasteiger partial charge in [-0.1, -0.05) is 36.4 Å². The molecular weight excluding hydrogens is 253 g/mol. The fourth-order valence-electron chi connectivity index (χ4n) is 2.63. The van der Waals surface area contributed by atoms with Gasteiger partial charge in [0, 0.05) is 25.7 Å². The molecule has 1 aliphatic heterocycles. The van der Waals surface area contributed by atoms with E-state index in [0.717, 1.165) is 26.1 Å². The van der Waals surface area contributed by atoms with Crippen LogP contribution in [0, 0.1) is 5.95 Å². The summed E-state index contributed by atoms with van der Waals surface area (Å²) in [5.74, 6) is 0.186. The normalized spacial score (nSPS) is 19.1. The van der Waals surface area contributed by atoms with E-state index in [1.165, 1.54) is 11.6 Å². The highest BCUT2D eigenvalue weighted by molar-refractivity contribution is 5.35. The largest absolute Gasteiger partial charge is 0.366 e. The van der Waals surface area contributed by atoms with Crippen molar-refractivity contribution >= 4 is 5.82 Å². The molecule has 0 aliphatic carbocycles. The van der Waals surface area contributed by atoms with Crippen LogP contribution in [0.3, 0.4) is 0 Å². The van der Waals surface area contributed by atoms with Crippen LogP contribution in [-0.4, -0.2) is 29.0 Å². The van der Waals surface area contributed by atoms with Gasteiger partial charge in [0.15, 0.2) is 0 Å². The molecule has 0 saturated carbocycles. The Balaban J connectivity index is 1.54. The lowest BCUT2D eigenvalue weighted by Gasteiger charge is -2.17. The van der Waals surface area contributed by atoms with Crippen molar-refractivity contribution in [3.05, 3.63) is 60.0 Å². The molecule has 4 heteroatoms. The number of hydrogen-bond donors (Lipinski definition) is 1. The highest BCUT2D eigenvalue weighted by Crippen LogP contribution is 2.17. The lowest BCUT2D eigenvalue weighted by Crippen LogP contribution is -2.26. The summed E-state index contributed by atoms with van der Waals surface area (Å²) < 4.78 is 13.0. The Labute approximate surface area is 118 Å². The van der Waals surface area contributed by atoms with Crippen LogP contribution in [0.2, 0.25) is 0 Å². The Bertz CT molecular complexity index is 559. The molecule has 0 amide bonds. The second-order valence-electron chi connectivity index (χ2n) is 5.20. The lowest BCUT2D eigenvalue weighted by atomic mass is 10.2. The third kappa shape index (κ3) is 3.33. The number of nitrogens with one attached hydrogen (secondary N) is 1. The van der Waals surface area contributed by atoms with Gasteiger partial charge < -0.3 is 5.32 Å². The minimum Gasteiger partial charge on any atom is -0.366 e. The standard InChI is InChI=1S/C16H18FN3/c17-15-7-4-8-16(19-15)18-14-9-10-20(12-14)11-13-5-2-1-3-6-13/h1-8,14H,9-12H2,(H,18,19). The molecule has 1 fully saturated rings. The van der Waals surface area contributed by atoms with Crippen molar-refractivity contribution in [2.24, 2.45) is 0 Å². The number of rotatable bonds is 4. The number of likely N-dealkylation sites (tertiary alicyclic amines) is 1. The molecule has 1 saturated heterocycles. The summed E-state index contributed by atoms with van der Waals surface area (Å²) in [6, 6.07) is 15.7. The first-order chi connectivity index (χ1) is 9.79. The average Bonchev–Trinajstić information content (AvgIpc) is 2.87. The zero-order chi connectivity index (χ0) is 13.8. The van der Waals surface area contributed by atoms with Crippen molar-refractivity contribution in [2.75, 3.05) is 18.4 Å². The van der Waals surface area contributed by atoms with Crippen LogP contribution in [-0.2, 0) is 6.54 Å². The van der Waals surface area contributed by atoms with Crippen molar-refractivity contribution in [3.8, 4) is 0 Å². The molecule has 2 heterocycles. The van der Waals surface area contributed by atoms with Crippen molar-refractivity contribution in [1.82, 2.24) is 9.88 Å². The Hall–Kier alpha value is -1.94. The summed E-state index contributed by atoms with van der Waals surface area (Å²) in [5.41, 5.74) is 1.33. The van der Waals surface area contributed by atoms with Crippen LogP contribution < -0.4 is 5.32 Å². The Morgan fingerprint density at radius 3 is 2.80 bits per heavy atom. The van der Waals surface area contributed by atoms with Crippen LogP contribution in [0.5, 0.6) is 0 Å². The van der Waals surface area contributed by atoms with Crippen molar-refractivity contribution in [3.63, 3.8) is 0 Å². The zero-order valence-electron chi connectivity index (χ0n) is 11.3. The van der Waals surface area contributed by atoms with Crippen LogP contribution in [0.25, 0.3) is 0 Å². The number of benzene rings is 1. The fraction of sp³-hybridized carbons (Fsp3) is 0.312. The molecular formula is C16H18FN3. The number of aromatic nitrogens is 1. The molecule has 20 heavy (non-hydrogen) atoms. The van der Waals surface area contributed by atoms with Crippen molar-refractivity contribution in [1.29, 1.82) is 0 Å². The number of anilines is 1. The molecule has 1 aromatic heterocycles. The number of hydrogen-bond acceptors (Lipinski definition) is 3. The predicted octanol–water partition coefficient (Wildman–Crippen LogP) is 2.91. The second-order valence-corrected chi connectivity index (χ2v) is 5.20. The first-order valence-electron chi connectivity index (χ1n) is 6.95. The van der Waals surface area contributed by atoms with Gasteiger partial charge in [0.05, 0.1) is 0 Å². The summed E-state index contributed by atoms with van der Waals surface area (Å²) in [4.78, 5) is 6.26. The van der Waals surface area contributed by atoms with Gasteiger partial charge in [0.2, 0.25) is 5.95 Å². The van der Waals surface area contributed by atoms with Crippen LogP contribution >= 0.6 is 0 Å². The van der Waals surface area contributed by atoms with Gasteiger partial charge >= 0.3 is 0 Å². The molecule has 2 aromatic rings. The van der Waals surface area contributed by atoms with Gasteiger partial charge in [-0.05, 0) is 24.1 Å². The molecule has 104 valence electrons. The number of pyridine rings is 1. The first kappa shape index (κ1) is 13.1. The van der Waals surface area contributed by atoms with Crippen molar-refractivity contribution in [2.45, 2.75) is 19.0 Å².